The van der Waals surface area contributed by atoms with Crippen LogP contribution < -0.4 is 5.32 Å². The van der Waals surface area contributed by atoms with Crippen molar-refractivity contribution in [3.63, 3.8) is 0 Å². The monoisotopic (exact) mass is 426 g/mol. The zero-order valence-corrected chi connectivity index (χ0v) is 17.1. The van der Waals surface area contributed by atoms with Gasteiger partial charge in [-0.15, -0.1) is 0 Å². The van der Waals surface area contributed by atoms with E-state index >= 15 is 0 Å². The molecule has 6 nitrogen and oxygen atoms in total. The first-order valence-corrected chi connectivity index (χ1v) is 9.97. The van der Waals surface area contributed by atoms with E-state index in [4.69, 9.17) is 0 Å². The van der Waals surface area contributed by atoms with Crippen LogP contribution >= 0.6 is 0 Å². The smallest absolute Gasteiger partial charge is 0.351 e. The molecule has 0 radical (unpaired) electrons. The number of benzene rings is 1. The number of aromatic nitrogens is 4. The highest BCUT2D eigenvalue weighted by molar-refractivity contribution is 5.99. The van der Waals surface area contributed by atoms with Gasteiger partial charge in [-0.05, 0) is 50.3 Å². The number of halogens is 3. The van der Waals surface area contributed by atoms with Crippen LogP contribution in [0.1, 0.15) is 37.9 Å². The predicted octanol–water partition coefficient (Wildman–Crippen LogP) is 5.30. The van der Waals surface area contributed by atoms with E-state index in [9.17, 15) is 13.2 Å². The van der Waals surface area contributed by atoms with E-state index < -0.39 is 11.9 Å². The quantitative estimate of drug-likeness (QED) is 0.541. The molecule has 0 unspecified atom stereocenters. The van der Waals surface area contributed by atoms with E-state index in [0.717, 1.165) is 24.5 Å². The fraction of sp³-hybridized carbons (Fsp3) is 0.318. The van der Waals surface area contributed by atoms with Gasteiger partial charge in [0.25, 0.3) is 5.95 Å². The third-order valence-corrected chi connectivity index (χ3v) is 5.04. The minimum atomic E-state index is -4.56. The molecule has 4 rings (SSSR count). The summed E-state index contributed by atoms with van der Waals surface area (Å²) in [5, 5.41) is 3.23. The van der Waals surface area contributed by atoms with E-state index in [1.165, 1.54) is 12.1 Å². The lowest BCUT2D eigenvalue weighted by atomic mass is 10.1. The Morgan fingerprint density at radius 1 is 1.00 bits per heavy atom. The molecule has 1 aromatic carbocycles. The molecule has 1 atom stereocenters. The number of nitrogens with one attached hydrogen (secondary N) is 1. The fourth-order valence-electron chi connectivity index (χ4n) is 3.12. The van der Waals surface area contributed by atoms with Gasteiger partial charge < -0.3 is 5.32 Å². The summed E-state index contributed by atoms with van der Waals surface area (Å²) in [4.78, 5) is 21.2. The average Bonchev–Trinajstić information content (AvgIpc) is 3.59. The highest BCUT2D eigenvalue weighted by Crippen LogP contribution is 2.34. The summed E-state index contributed by atoms with van der Waals surface area (Å²) in [6.07, 6.45) is -2.31. The number of anilines is 1. The second-order valence-electron chi connectivity index (χ2n) is 7.52. The Balaban J connectivity index is 1.75. The number of rotatable bonds is 6. The molecule has 0 saturated heterocycles. The Bertz CT molecular complexity index is 1090. The average molecular weight is 426 g/mol. The number of hydrogen-bond acceptors (Lipinski definition) is 6. The molecule has 3 aromatic rings. The topological polar surface area (TPSA) is 76.0 Å². The van der Waals surface area contributed by atoms with Crippen LogP contribution in [0.3, 0.4) is 0 Å². The minimum absolute atomic E-state index is 0.00756. The van der Waals surface area contributed by atoms with Gasteiger partial charge in [0, 0.05) is 11.8 Å². The number of hydrogen-bond donors (Lipinski definition) is 1. The van der Waals surface area contributed by atoms with E-state index in [1.807, 2.05) is 44.2 Å². The van der Waals surface area contributed by atoms with Crippen molar-refractivity contribution in [3.8, 4) is 11.5 Å². The first kappa shape index (κ1) is 20.9. The summed E-state index contributed by atoms with van der Waals surface area (Å²) in [7, 11) is 0. The SMILES string of the molecule is CC(=Nc1nc(N[C@H](C)C2CC2)nc(-c2cccc(C(F)(F)F)n2)n1)c1ccccc1. The van der Waals surface area contributed by atoms with Gasteiger partial charge in [0.05, 0.1) is 0 Å². The molecule has 9 heteroatoms. The van der Waals surface area contributed by atoms with Crippen molar-refractivity contribution >= 4 is 17.6 Å². The highest BCUT2D eigenvalue weighted by Gasteiger charge is 2.33. The molecule has 1 aliphatic rings. The maximum absolute atomic E-state index is 13.1. The molecular formula is C22H21F3N6. The summed E-state index contributed by atoms with van der Waals surface area (Å²) < 4.78 is 39.4. The maximum Gasteiger partial charge on any atom is 0.433 e. The molecule has 2 heterocycles. The number of nitrogens with zero attached hydrogens (tertiary/aromatic N) is 5. The zero-order valence-electron chi connectivity index (χ0n) is 17.1. The standard InChI is InChI=1S/C22H21F3N6/c1-13(15-7-4-3-5-8-15)26-20-29-19(17-9-6-10-18(28-17)22(23,24)25)30-21(31-20)27-14(2)16-11-12-16/h3-10,14,16H,11-12H2,1-2H3,(H,27,29,30,31)/t14-/m1/s1. The van der Waals surface area contributed by atoms with Crippen LogP contribution in [0.2, 0.25) is 0 Å². The second kappa shape index (κ2) is 8.41. The molecule has 0 amide bonds. The van der Waals surface area contributed by atoms with Crippen molar-refractivity contribution in [3.05, 3.63) is 59.8 Å². The third-order valence-electron chi connectivity index (χ3n) is 5.04. The van der Waals surface area contributed by atoms with Crippen molar-refractivity contribution in [1.82, 2.24) is 19.9 Å². The number of alkyl halides is 3. The van der Waals surface area contributed by atoms with Crippen molar-refractivity contribution in [2.75, 3.05) is 5.32 Å². The van der Waals surface area contributed by atoms with Crippen LogP contribution in [0.15, 0.2) is 53.5 Å². The lowest BCUT2D eigenvalue weighted by Crippen LogP contribution is -2.19. The van der Waals surface area contributed by atoms with Crippen LogP contribution in [0, 0.1) is 5.92 Å². The van der Waals surface area contributed by atoms with E-state index in [0.29, 0.717) is 11.6 Å². The zero-order chi connectivity index (χ0) is 22.0. The summed E-state index contributed by atoms with van der Waals surface area (Å²) >= 11 is 0. The molecule has 1 fully saturated rings. The lowest BCUT2D eigenvalue weighted by Gasteiger charge is -2.14. The van der Waals surface area contributed by atoms with Gasteiger partial charge in [0.15, 0.2) is 5.82 Å². The summed E-state index contributed by atoms with van der Waals surface area (Å²) in [6.45, 7) is 3.85. The van der Waals surface area contributed by atoms with Crippen LogP contribution in [-0.4, -0.2) is 31.7 Å². The van der Waals surface area contributed by atoms with Crippen molar-refractivity contribution < 1.29 is 13.2 Å². The van der Waals surface area contributed by atoms with Crippen molar-refractivity contribution in [2.45, 2.75) is 38.9 Å². The van der Waals surface area contributed by atoms with Gasteiger partial charge in [0.1, 0.15) is 11.4 Å². The van der Waals surface area contributed by atoms with Gasteiger partial charge in [-0.1, -0.05) is 36.4 Å². The van der Waals surface area contributed by atoms with Crippen LogP contribution in [0.25, 0.3) is 11.5 Å². The first-order valence-electron chi connectivity index (χ1n) is 9.97. The fourth-order valence-corrected chi connectivity index (χ4v) is 3.12. The van der Waals surface area contributed by atoms with Gasteiger partial charge in [-0.25, -0.2) is 9.98 Å². The Morgan fingerprint density at radius 3 is 2.42 bits per heavy atom. The van der Waals surface area contributed by atoms with Crippen LogP contribution in [-0.2, 0) is 6.18 Å². The molecule has 1 N–H and O–H groups in total. The lowest BCUT2D eigenvalue weighted by molar-refractivity contribution is -0.141. The molecule has 0 bridgehead atoms. The van der Waals surface area contributed by atoms with E-state index in [1.54, 1.807) is 0 Å². The summed E-state index contributed by atoms with van der Waals surface area (Å²) in [5.41, 5.74) is 0.573. The molecule has 0 spiro atoms. The van der Waals surface area contributed by atoms with Gasteiger partial charge >= 0.3 is 6.18 Å². The molecule has 0 aliphatic heterocycles. The summed E-state index contributed by atoms with van der Waals surface area (Å²) in [6, 6.07) is 13.3. The second-order valence-corrected chi connectivity index (χ2v) is 7.52. The Morgan fingerprint density at radius 2 is 1.74 bits per heavy atom. The van der Waals surface area contributed by atoms with E-state index in [-0.39, 0.29) is 29.5 Å². The Kier molecular flexibility index (Phi) is 5.67. The normalized spacial score (nSPS) is 15.6. The molecule has 31 heavy (non-hydrogen) atoms. The van der Waals surface area contributed by atoms with E-state index in [2.05, 4.69) is 30.2 Å². The summed E-state index contributed by atoms with van der Waals surface area (Å²) in [5.74, 6) is 0.940. The van der Waals surface area contributed by atoms with Gasteiger partial charge in [-0.3, -0.25) is 0 Å². The molecule has 160 valence electrons. The predicted molar refractivity (Wildman–Crippen MR) is 112 cm³/mol. The third kappa shape index (κ3) is 5.22. The van der Waals surface area contributed by atoms with Crippen molar-refractivity contribution in [2.24, 2.45) is 10.9 Å². The van der Waals surface area contributed by atoms with Gasteiger partial charge in [0.2, 0.25) is 5.95 Å². The Labute approximate surface area is 177 Å². The minimum Gasteiger partial charge on any atom is -0.351 e. The first-order chi connectivity index (χ1) is 14.8. The van der Waals surface area contributed by atoms with Crippen LogP contribution in [0.5, 0.6) is 0 Å². The molecule has 1 saturated carbocycles. The highest BCUT2D eigenvalue weighted by atomic mass is 19.4. The molecule has 1 aliphatic carbocycles. The largest absolute Gasteiger partial charge is 0.433 e. The maximum atomic E-state index is 13.1. The molecule has 2 aromatic heterocycles. The molecular weight excluding hydrogens is 405 g/mol. The van der Waals surface area contributed by atoms with Crippen molar-refractivity contribution in [1.29, 1.82) is 0 Å². The number of pyridine rings is 1. The Hall–Kier alpha value is -3.36. The number of aliphatic imine (C=N–C) groups is 1. The van der Waals surface area contributed by atoms with Crippen LogP contribution in [0.4, 0.5) is 25.1 Å². The van der Waals surface area contributed by atoms with Gasteiger partial charge in [-0.2, -0.15) is 28.1 Å².